The number of rotatable bonds is 8. The average Bonchev–Trinajstić information content (AvgIpc) is 3.84. The number of aromatic nitrogens is 3. The molecule has 2 saturated carbocycles. The molecule has 4 heteroatoms. The first kappa shape index (κ1) is 37.1. The largest absolute Gasteiger partial charge is 0.208 e. The van der Waals surface area contributed by atoms with E-state index in [1.807, 2.05) is 24.3 Å². The monoisotopic (exact) mass is 786 g/mol. The molecule has 1 heterocycles. The van der Waals surface area contributed by atoms with Gasteiger partial charge in [0.15, 0.2) is 17.5 Å². The highest BCUT2D eigenvalue weighted by Gasteiger charge is 2.47. The number of benzene rings is 7. The predicted octanol–water partition coefficient (Wildman–Crippen LogP) is 13.6. The molecule has 3 aliphatic rings. The highest BCUT2D eigenvalue weighted by atomic mass is 15.0. The van der Waals surface area contributed by atoms with Gasteiger partial charge in [-0.3, -0.25) is 0 Å². The highest BCUT2D eigenvalue weighted by Crippen LogP contribution is 2.57. The van der Waals surface area contributed by atoms with Crippen LogP contribution in [0, 0.1) is 23.2 Å². The second kappa shape index (κ2) is 14.9. The Hall–Kier alpha value is -6.96. The standard InChI is InChI=1S/C57H46N4/c1-2-56(35-38-18-19-39(32-38)36-56)46-28-25-44(26-29-46)55-60-53(42-12-6-3-7-13-42)59-54(61-55)43-23-21-41(22-24-43)45-27-31-50-49-30-20-40(37-58)33-51(49)57(52(50)34-45,47-14-8-4-9-15-47)48-16-10-5-11-17-48/h3-17,20-31,33-34,38-39H,2,18-19,32,35-36H2,1H3/t38-,39+,56?. The van der Waals surface area contributed by atoms with Gasteiger partial charge >= 0.3 is 0 Å². The number of fused-ring (bicyclic) bond motifs is 5. The van der Waals surface area contributed by atoms with E-state index in [0.29, 0.717) is 23.0 Å². The molecule has 3 aliphatic carbocycles. The number of nitriles is 1. The predicted molar refractivity (Wildman–Crippen MR) is 246 cm³/mol. The van der Waals surface area contributed by atoms with Crippen molar-refractivity contribution < 1.29 is 0 Å². The summed E-state index contributed by atoms with van der Waals surface area (Å²) in [6, 6.07) is 64.9. The molecule has 0 N–H and O–H groups in total. The van der Waals surface area contributed by atoms with E-state index in [0.717, 1.165) is 50.8 Å². The van der Waals surface area contributed by atoms with Crippen LogP contribution in [0.4, 0.5) is 0 Å². The van der Waals surface area contributed by atoms with E-state index in [1.165, 1.54) is 66.3 Å². The van der Waals surface area contributed by atoms with Gasteiger partial charge in [-0.05, 0) is 111 Å². The van der Waals surface area contributed by atoms with Crippen LogP contribution in [0.5, 0.6) is 0 Å². The van der Waals surface area contributed by atoms with E-state index in [-0.39, 0.29) is 5.41 Å². The molecule has 61 heavy (non-hydrogen) atoms. The zero-order valence-corrected chi connectivity index (χ0v) is 34.4. The van der Waals surface area contributed by atoms with Crippen molar-refractivity contribution in [3.05, 3.63) is 209 Å². The van der Waals surface area contributed by atoms with E-state index in [2.05, 4.69) is 165 Å². The fourth-order valence-corrected chi connectivity index (χ4v) is 11.3. The molecule has 0 radical (unpaired) electrons. The first-order chi connectivity index (χ1) is 30.0. The van der Waals surface area contributed by atoms with Gasteiger partial charge in [0.25, 0.3) is 0 Å². The van der Waals surface area contributed by atoms with Crippen molar-refractivity contribution in [1.29, 1.82) is 5.26 Å². The molecule has 7 aromatic carbocycles. The third kappa shape index (κ3) is 6.22. The van der Waals surface area contributed by atoms with Gasteiger partial charge in [0.2, 0.25) is 0 Å². The maximum Gasteiger partial charge on any atom is 0.164 e. The topological polar surface area (TPSA) is 62.5 Å². The minimum Gasteiger partial charge on any atom is -0.208 e. The molecule has 4 nitrogen and oxygen atoms in total. The summed E-state index contributed by atoms with van der Waals surface area (Å²) in [6.07, 6.45) is 8.04. The van der Waals surface area contributed by atoms with E-state index < -0.39 is 5.41 Å². The summed E-state index contributed by atoms with van der Waals surface area (Å²) in [5, 5.41) is 10.1. The molecule has 0 amide bonds. The Kier molecular flexibility index (Phi) is 9.08. The van der Waals surface area contributed by atoms with Gasteiger partial charge in [-0.15, -0.1) is 0 Å². The minimum atomic E-state index is -0.601. The molecule has 1 aromatic heterocycles. The highest BCUT2D eigenvalue weighted by molar-refractivity contribution is 5.89. The normalized spacial score (nSPS) is 19.5. The fraction of sp³-hybridized carbons (Fsp3) is 0.193. The Bertz CT molecular complexity index is 2880. The minimum absolute atomic E-state index is 0.276. The van der Waals surface area contributed by atoms with Crippen molar-refractivity contribution in [2.75, 3.05) is 0 Å². The maximum absolute atomic E-state index is 10.1. The second-order valence-electron chi connectivity index (χ2n) is 17.5. The summed E-state index contributed by atoms with van der Waals surface area (Å²) in [7, 11) is 0. The first-order valence-electron chi connectivity index (χ1n) is 21.9. The van der Waals surface area contributed by atoms with Crippen molar-refractivity contribution in [3.63, 3.8) is 0 Å². The van der Waals surface area contributed by atoms with Gasteiger partial charge in [-0.25, -0.2) is 15.0 Å². The molecule has 2 bridgehead atoms. The number of nitrogens with zero attached hydrogens (tertiary/aromatic N) is 4. The lowest BCUT2D eigenvalue weighted by molar-refractivity contribution is 0.207. The second-order valence-corrected chi connectivity index (χ2v) is 17.5. The van der Waals surface area contributed by atoms with Crippen LogP contribution in [0.3, 0.4) is 0 Å². The fourth-order valence-electron chi connectivity index (χ4n) is 11.3. The van der Waals surface area contributed by atoms with E-state index >= 15 is 0 Å². The van der Waals surface area contributed by atoms with Crippen LogP contribution < -0.4 is 0 Å². The van der Waals surface area contributed by atoms with Crippen molar-refractivity contribution in [2.45, 2.75) is 56.3 Å². The zero-order chi connectivity index (χ0) is 41.0. The molecule has 3 atom stereocenters. The Labute approximate surface area is 358 Å². The third-order valence-electron chi connectivity index (χ3n) is 14.3. The molecule has 0 aliphatic heterocycles. The van der Waals surface area contributed by atoms with Crippen molar-refractivity contribution in [1.82, 2.24) is 15.0 Å². The van der Waals surface area contributed by atoms with Gasteiger partial charge in [0, 0.05) is 16.7 Å². The lowest BCUT2D eigenvalue weighted by atomic mass is 9.64. The van der Waals surface area contributed by atoms with Crippen LogP contribution in [-0.4, -0.2) is 15.0 Å². The van der Waals surface area contributed by atoms with E-state index in [4.69, 9.17) is 15.0 Å². The van der Waals surface area contributed by atoms with Crippen LogP contribution in [0.2, 0.25) is 0 Å². The van der Waals surface area contributed by atoms with Crippen molar-refractivity contribution in [2.24, 2.45) is 11.8 Å². The summed E-state index contributed by atoms with van der Waals surface area (Å²) in [4.78, 5) is 15.3. The summed E-state index contributed by atoms with van der Waals surface area (Å²) in [6.45, 7) is 2.38. The Balaban J connectivity index is 0.984. The lowest BCUT2D eigenvalue weighted by Gasteiger charge is -2.41. The Morgan fingerprint density at radius 3 is 1.49 bits per heavy atom. The first-order valence-corrected chi connectivity index (χ1v) is 21.9. The molecule has 8 aromatic rings. The Morgan fingerprint density at radius 1 is 0.492 bits per heavy atom. The summed E-state index contributed by atoms with van der Waals surface area (Å²) < 4.78 is 0. The number of hydrogen-bond acceptors (Lipinski definition) is 4. The molecule has 11 rings (SSSR count). The Morgan fingerprint density at radius 2 is 0.951 bits per heavy atom. The van der Waals surface area contributed by atoms with E-state index in [9.17, 15) is 5.26 Å². The van der Waals surface area contributed by atoms with Crippen molar-refractivity contribution in [3.8, 4) is 62.5 Å². The van der Waals surface area contributed by atoms with Gasteiger partial charge in [0.1, 0.15) is 0 Å². The summed E-state index contributed by atoms with van der Waals surface area (Å²) in [5.41, 5.74) is 13.9. The maximum atomic E-state index is 10.1. The summed E-state index contributed by atoms with van der Waals surface area (Å²) in [5.74, 6) is 3.75. The molecule has 0 saturated heterocycles. The molecule has 294 valence electrons. The smallest absolute Gasteiger partial charge is 0.164 e. The molecular formula is C57H46N4. The van der Waals surface area contributed by atoms with Gasteiger partial charge in [0.05, 0.1) is 17.0 Å². The molecule has 2 fully saturated rings. The molecule has 0 spiro atoms. The molecule has 1 unspecified atom stereocenters. The van der Waals surface area contributed by atoms with Gasteiger partial charge in [-0.1, -0.05) is 177 Å². The van der Waals surface area contributed by atoms with Gasteiger partial charge in [-0.2, -0.15) is 5.26 Å². The van der Waals surface area contributed by atoms with Crippen LogP contribution in [0.15, 0.2) is 176 Å². The van der Waals surface area contributed by atoms with Crippen LogP contribution in [0.1, 0.15) is 78.8 Å². The number of hydrogen-bond donors (Lipinski definition) is 0. The zero-order valence-electron chi connectivity index (χ0n) is 34.4. The third-order valence-corrected chi connectivity index (χ3v) is 14.3. The average molecular weight is 787 g/mol. The van der Waals surface area contributed by atoms with Crippen LogP contribution >= 0.6 is 0 Å². The van der Waals surface area contributed by atoms with Crippen molar-refractivity contribution >= 4 is 0 Å². The van der Waals surface area contributed by atoms with Crippen LogP contribution in [-0.2, 0) is 10.8 Å². The quantitative estimate of drug-likeness (QED) is 0.154. The lowest BCUT2D eigenvalue weighted by Crippen LogP contribution is -2.33. The van der Waals surface area contributed by atoms with Crippen LogP contribution in [0.25, 0.3) is 56.4 Å². The molecular weight excluding hydrogens is 741 g/mol. The van der Waals surface area contributed by atoms with Gasteiger partial charge < -0.3 is 0 Å². The van der Waals surface area contributed by atoms with E-state index in [1.54, 1.807) is 0 Å². The SMILES string of the molecule is CCC1(c2ccc(-c3nc(-c4ccccc4)nc(-c4ccc(-c5ccc6c(c5)C(c5ccccc5)(c5ccccc5)c5cc(C#N)ccc5-6)cc4)n3)cc2)C[C@@H]2CC[C@@H](C2)C1. The summed E-state index contributed by atoms with van der Waals surface area (Å²) >= 11 is 0.